The van der Waals surface area contributed by atoms with Crippen LogP contribution in [-0.4, -0.2) is 8.42 Å². The molecule has 0 fully saturated rings. The highest BCUT2D eigenvalue weighted by Gasteiger charge is 2.23. The average molecular weight is 370 g/mol. The first-order valence-electron chi connectivity index (χ1n) is 5.79. The number of halogens is 5. The summed E-state index contributed by atoms with van der Waals surface area (Å²) in [6.07, 6.45) is 0. The molecule has 3 nitrogen and oxygen atoms in total. The lowest BCUT2D eigenvalue weighted by molar-refractivity contribution is 0.431. The van der Waals surface area contributed by atoms with Gasteiger partial charge in [0.25, 0.3) is 0 Å². The van der Waals surface area contributed by atoms with Crippen molar-refractivity contribution < 1.29 is 21.6 Å². The second kappa shape index (κ2) is 6.45. The summed E-state index contributed by atoms with van der Waals surface area (Å²) in [5.41, 5.74) is 0.387. The first kappa shape index (κ1) is 17.1. The van der Waals surface area contributed by atoms with Gasteiger partial charge in [0.15, 0.2) is 17.5 Å². The van der Waals surface area contributed by atoms with Gasteiger partial charge in [-0.1, -0.05) is 29.3 Å². The molecule has 2 rings (SSSR count). The summed E-state index contributed by atoms with van der Waals surface area (Å²) in [7, 11) is -4.38. The van der Waals surface area contributed by atoms with Gasteiger partial charge in [-0.15, -0.1) is 0 Å². The Kier molecular flexibility index (Phi) is 5.01. The highest BCUT2D eigenvalue weighted by molar-refractivity contribution is 7.89. The largest absolute Gasteiger partial charge is 0.243 e. The lowest BCUT2D eigenvalue weighted by Gasteiger charge is -2.09. The number of benzene rings is 2. The summed E-state index contributed by atoms with van der Waals surface area (Å²) in [5.74, 6) is -5.11. The molecular formula is C13H8Cl2F3NO2S. The van der Waals surface area contributed by atoms with Crippen molar-refractivity contribution in [3.8, 4) is 0 Å². The van der Waals surface area contributed by atoms with Crippen LogP contribution in [0.4, 0.5) is 13.2 Å². The smallest absolute Gasteiger partial charge is 0.207 e. The summed E-state index contributed by atoms with van der Waals surface area (Å²) in [6.45, 7) is -0.267. The minimum Gasteiger partial charge on any atom is -0.207 e. The van der Waals surface area contributed by atoms with Crippen LogP contribution in [0.1, 0.15) is 5.56 Å². The Hall–Kier alpha value is -1.28. The van der Waals surface area contributed by atoms with Crippen molar-refractivity contribution in [1.29, 1.82) is 0 Å². The van der Waals surface area contributed by atoms with E-state index in [-0.39, 0.29) is 11.6 Å². The van der Waals surface area contributed by atoms with Crippen LogP contribution in [-0.2, 0) is 16.6 Å². The molecule has 0 heterocycles. The highest BCUT2D eigenvalue weighted by atomic mass is 35.5. The van der Waals surface area contributed by atoms with Crippen LogP contribution in [0.3, 0.4) is 0 Å². The fourth-order valence-corrected chi connectivity index (χ4v) is 3.18. The van der Waals surface area contributed by atoms with Crippen LogP contribution >= 0.6 is 23.2 Å². The van der Waals surface area contributed by atoms with Gasteiger partial charge in [0.1, 0.15) is 4.90 Å². The topological polar surface area (TPSA) is 46.2 Å². The average Bonchev–Trinajstić information content (AvgIpc) is 2.43. The zero-order valence-electron chi connectivity index (χ0n) is 10.7. The first-order chi connectivity index (χ1) is 10.2. The molecule has 2 aromatic carbocycles. The minimum absolute atomic E-state index is 0.209. The molecule has 0 amide bonds. The molecule has 0 atom stereocenters. The van der Waals surface area contributed by atoms with Gasteiger partial charge in [0, 0.05) is 16.6 Å². The fourth-order valence-electron chi connectivity index (χ4n) is 1.63. The number of sulfonamides is 1. The van der Waals surface area contributed by atoms with Crippen LogP contribution in [0, 0.1) is 17.5 Å². The maximum Gasteiger partial charge on any atom is 0.243 e. The molecule has 1 N–H and O–H groups in total. The molecule has 0 aliphatic carbocycles. The van der Waals surface area contributed by atoms with Crippen molar-refractivity contribution in [2.45, 2.75) is 11.4 Å². The second-order valence-electron chi connectivity index (χ2n) is 4.23. The quantitative estimate of drug-likeness (QED) is 0.831. The molecule has 2 aromatic rings. The third-order valence-electron chi connectivity index (χ3n) is 2.76. The van der Waals surface area contributed by atoms with Crippen LogP contribution in [0.25, 0.3) is 0 Å². The Balaban J connectivity index is 2.27. The molecule has 0 saturated carbocycles. The van der Waals surface area contributed by atoms with E-state index in [4.69, 9.17) is 23.2 Å². The normalized spacial score (nSPS) is 11.7. The number of nitrogens with one attached hydrogen (secondary N) is 1. The van der Waals surface area contributed by atoms with E-state index < -0.39 is 32.4 Å². The zero-order valence-corrected chi connectivity index (χ0v) is 13.0. The molecule has 9 heteroatoms. The van der Waals surface area contributed by atoms with Gasteiger partial charge < -0.3 is 0 Å². The minimum atomic E-state index is -4.38. The third-order valence-corrected chi connectivity index (χ3v) is 4.76. The monoisotopic (exact) mass is 369 g/mol. The Labute approximate surface area is 134 Å². The standard InChI is InChI=1S/C13H8Cl2F3NO2S/c14-8-2-1-7(9(15)5-8)6-19-22(20,21)11-4-3-10(16)12(17)13(11)18/h1-5,19H,6H2. The molecule has 0 aliphatic heterocycles. The lowest BCUT2D eigenvalue weighted by atomic mass is 10.2. The molecule has 0 unspecified atom stereocenters. The summed E-state index contributed by atoms with van der Waals surface area (Å²) in [5, 5.41) is 0.573. The van der Waals surface area contributed by atoms with Gasteiger partial charge in [-0.05, 0) is 29.8 Å². The van der Waals surface area contributed by atoms with Gasteiger partial charge in [-0.2, -0.15) is 0 Å². The van der Waals surface area contributed by atoms with Crippen LogP contribution in [0.2, 0.25) is 10.0 Å². The predicted molar refractivity (Wildman–Crippen MR) is 76.8 cm³/mol. The molecule has 118 valence electrons. The fraction of sp³-hybridized carbons (Fsp3) is 0.0769. The molecule has 0 aliphatic rings. The zero-order chi connectivity index (χ0) is 16.5. The van der Waals surface area contributed by atoms with E-state index in [0.717, 1.165) is 0 Å². The van der Waals surface area contributed by atoms with E-state index in [1.54, 1.807) is 0 Å². The Bertz CT molecular complexity index is 828. The van der Waals surface area contributed by atoms with Crippen molar-refractivity contribution in [2.75, 3.05) is 0 Å². The molecule has 0 bridgehead atoms. The van der Waals surface area contributed by atoms with E-state index in [2.05, 4.69) is 4.72 Å². The molecule has 0 radical (unpaired) electrons. The van der Waals surface area contributed by atoms with E-state index in [0.29, 0.717) is 22.7 Å². The van der Waals surface area contributed by atoms with Gasteiger partial charge in [-0.25, -0.2) is 26.3 Å². The van der Waals surface area contributed by atoms with Crippen molar-refractivity contribution in [2.24, 2.45) is 0 Å². The maximum absolute atomic E-state index is 13.5. The van der Waals surface area contributed by atoms with Gasteiger partial charge in [-0.3, -0.25) is 0 Å². The van der Waals surface area contributed by atoms with Crippen LogP contribution in [0.15, 0.2) is 35.2 Å². The maximum atomic E-state index is 13.5. The van der Waals surface area contributed by atoms with E-state index in [1.165, 1.54) is 18.2 Å². The number of rotatable bonds is 4. The van der Waals surface area contributed by atoms with Crippen molar-refractivity contribution in [3.63, 3.8) is 0 Å². The number of hydrogen-bond donors (Lipinski definition) is 1. The van der Waals surface area contributed by atoms with Crippen molar-refractivity contribution >= 4 is 33.2 Å². The molecule has 0 aromatic heterocycles. The first-order valence-corrected chi connectivity index (χ1v) is 8.03. The Morgan fingerprint density at radius 3 is 2.32 bits per heavy atom. The highest BCUT2D eigenvalue weighted by Crippen LogP contribution is 2.23. The van der Waals surface area contributed by atoms with E-state index in [9.17, 15) is 21.6 Å². The number of hydrogen-bond acceptors (Lipinski definition) is 2. The predicted octanol–water partition coefficient (Wildman–Crippen LogP) is 3.89. The molecule has 22 heavy (non-hydrogen) atoms. The van der Waals surface area contributed by atoms with Gasteiger partial charge in [0.2, 0.25) is 10.0 Å². The van der Waals surface area contributed by atoms with Crippen LogP contribution < -0.4 is 4.72 Å². The molecule has 0 spiro atoms. The summed E-state index contributed by atoms with van der Waals surface area (Å²) < 4.78 is 65.5. The third kappa shape index (κ3) is 3.55. The van der Waals surface area contributed by atoms with E-state index in [1.807, 2.05) is 0 Å². The van der Waals surface area contributed by atoms with E-state index >= 15 is 0 Å². The SMILES string of the molecule is O=S(=O)(NCc1ccc(Cl)cc1Cl)c1ccc(F)c(F)c1F. The van der Waals surface area contributed by atoms with Gasteiger partial charge >= 0.3 is 0 Å². The lowest BCUT2D eigenvalue weighted by Crippen LogP contribution is -2.25. The van der Waals surface area contributed by atoms with Crippen LogP contribution in [0.5, 0.6) is 0 Å². The Morgan fingerprint density at radius 1 is 1.00 bits per heavy atom. The van der Waals surface area contributed by atoms with Crippen molar-refractivity contribution in [3.05, 3.63) is 63.4 Å². The summed E-state index contributed by atoms with van der Waals surface area (Å²) in [6, 6.07) is 5.55. The van der Waals surface area contributed by atoms with Crippen molar-refractivity contribution in [1.82, 2.24) is 4.72 Å². The second-order valence-corrected chi connectivity index (χ2v) is 6.81. The molecular weight excluding hydrogens is 362 g/mol. The summed E-state index contributed by atoms with van der Waals surface area (Å²) >= 11 is 11.6. The summed E-state index contributed by atoms with van der Waals surface area (Å²) in [4.78, 5) is -0.989. The molecule has 0 saturated heterocycles. The Morgan fingerprint density at radius 2 is 1.68 bits per heavy atom. The van der Waals surface area contributed by atoms with Gasteiger partial charge in [0.05, 0.1) is 0 Å².